The molecule has 156 valence electrons. The zero-order chi connectivity index (χ0) is 20.9. The monoisotopic (exact) mass is 417 g/mol. The molecule has 1 aliphatic heterocycles. The maximum Gasteiger partial charge on any atom is 0.243 e. The zero-order valence-electron chi connectivity index (χ0n) is 16.8. The normalized spacial score (nSPS) is 15.8. The van der Waals surface area contributed by atoms with Gasteiger partial charge in [-0.3, -0.25) is 4.79 Å². The lowest BCUT2D eigenvalue weighted by molar-refractivity contribution is -0.116. The summed E-state index contributed by atoms with van der Waals surface area (Å²) in [5.41, 5.74) is 1.55. The van der Waals surface area contributed by atoms with Crippen LogP contribution in [0.4, 0.5) is 5.69 Å². The number of aryl methyl sites for hydroxylation is 1. The van der Waals surface area contributed by atoms with Gasteiger partial charge in [0.1, 0.15) is 5.75 Å². The first kappa shape index (κ1) is 21.3. The number of hydrogen-bond acceptors (Lipinski definition) is 5. The van der Waals surface area contributed by atoms with Gasteiger partial charge in [-0.2, -0.15) is 4.31 Å². The van der Waals surface area contributed by atoms with Crippen molar-refractivity contribution in [2.45, 2.75) is 17.7 Å². The lowest BCUT2D eigenvalue weighted by Crippen LogP contribution is -2.46. The lowest BCUT2D eigenvalue weighted by Gasteiger charge is -2.31. The van der Waals surface area contributed by atoms with E-state index in [0.717, 1.165) is 24.4 Å². The predicted molar refractivity (Wildman–Crippen MR) is 113 cm³/mol. The Balaban J connectivity index is 1.58. The molecule has 7 nitrogen and oxygen atoms in total. The van der Waals surface area contributed by atoms with Gasteiger partial charge in [-0.25, -0.2) is 8.42 Å². The van der Waals surface area contributed by atoms with Gasteiger partial charge < -0.3 is 15.0 Å². The molecule has 0 aromatic heterocycles. The summed E-state index contributed by atoms with van der Waals surface area (Å²) in [4.78, 5) is 14.6. The molecule has 0 unspecified atom stereocenters. The number of rotatable bonds is 7. The smallest absolute Gasteiger partial charge is 0.243 e. The van der Waals surface area contributed by atoms with Gasteiger partial charge >= 0.3 is 0 Å². The first-order chi connectivity index (χ1) is 13.9. The van der Waals surface area contributed by atoms with Crippen LogP contribution in [0.5, 0.6) is 5.75 Å². The third-order valence-corrected chi connectivity index (χ3v) is 6.96. The molecule has 0 saturated carbocycles. The fourth-order valence-corrected chi connectivity index (χ4v) is 4.69. The second kappa shape index (κ2) is 9.39. The van der Waals surface area contributed by atoms with Crippen LogP contribution in [0.25, 0.3) is 0 Å². The maximum absolute atomic E-state index is 12.8. The molecule has 1 amide bonds. The second-order valence-electron chi connectivity index (χ2n) is 7.09. The highest BCUT2D eigenvalue weighted by atomic mass is 32.2. The Morgan fingerprint density at radius 2 is 1.69 bits per heavy atom. The van der Waals surface area contributed by atoms with Crippen LogP contribution in [0.1, 0.15) is 12.0 Å². The molecule has 2 aromatic rings. The molecule has 0 radical (unpaired) electrons. The molecule has 0 bridgehead atoms. The summed E-state index contributed by atoms with van der Waals surface area (Å²) < 4.78 is 32.3. The topological polar surface area (TPSA) is 78.9 Å². The van der Waals surface area contributed by atoms with Gasteiger partial charge in [-0.05, 0) is 49.4 Å². The molecular weight excluding hydrogens is 390 g/mol. The van der Waals surface area contributed by atoms with E-state index in [-0.39, 0.29) is 10.8 Å². The number of benzene rings is 2. The van der Waals surface area contributed by atoms with Gasteiger partial charge in [0, 0.05) is 38.3 Å². The van der Waals surface area contributed by atoms with Gasteiger partial charge in [-0.15, -0.1) is 0 Å². The lowest BCUT2D eigenvalue weighted by atomic mass is 10.1. The Morgan fingerprint density at radius 1 is 1.03 bits per heavy atom. The minimum Gasteiger partial charge on any atom is -0.496 e. The van der Waals surface area contributed by atoms with Crippen LogP contribution < -0.4 is 10.1 Å². The van der Waals surface area contributed by atoms with Gasteiger partial charge in [0.05, 0.1) is 12.0 Å². The third kappa shape index (κ3) is 5.35. The highest BCUT2D eigenvalue weighted by Gasteiger charge is 2.27. The summed E-state index contributed by atoms with van der Waals surface area (Å²) in [5.74, 6) is 0.629. The average Bonchev–Trinajstić information content (AvgIpc) is 2.73. The van der Waals surface area contributed by atoms with Crippen molar-refractivity contribution in [3.05, 3.63) is 54.1 Å². The zero-order valence-corrected chi connectivity index (χ0v) is 17.6. The van der Waals surface area contributed by atoms with E-state index < -0.39 is 10.0 Å². The molecule has 29 heavy (non-hydrogen) atoms. The van der Waals surface area contributed by atoms with Crippen LogP contribution in [0, 0.1) is 0 Å². The standard InChI is InChI=1S/C21H27N3O4S/c1-23-13-15-24(16-14-23)29(26,27)19-10-8-18(9-11-19)22-21(25)12-7-17-5-3-4-6-20(17)28-2/h3-6,8-11H,7,12-16H2,1-2H3,(H,22,25). The van der Waals surface area contributed by atoms with Crippen molar-refractivity contribution in [1.29, 1.82) is 0 Å². The summed E-state index contributed by atoms with van der Waals surface area (Å²) in [7, 11) is 0.0847. The van der Waals surface area contributed by atoms with Crippen molar-refractivity contribution in [1.82, 2.24) is 9.21 Å². The number of para-hydroxylation sites is 1. The highest BCUT2D eigenvalue weighted by Crippen LogP contribution is 2.21. The number of ether oxygens (including phenoxy) is 1. The minimum atomic E-state index is -3.50. The Morgan fingerprint density at radius 3 is 2.34 bits per heavy atom. The van der Waals surface area contributed by atoms with Crippen molar-refractivity contribution < 1.29 is 17.9 Å². The van der Waals surface area contributed by atoms with Crippen molar-refractivity contribution in [2.24, 2.45) is 0 Å². The number of nitrogens with one attached hydrogen (secondary N) is 1. The number of likely N-dealkylation sites (N-methyl/N-ethyl adjacent to an activating group) is 1. The molecule has 1 aliphatic rings. The Bertz CT molecular complexity index is 937. The fourth-order valence-electron chi connectivity index (χ4n) is 3.27. The van der Waals surface area contributed by atoms with Crippen molar-refractivity contribution in [2.75, 3.05) is 45.7 Å². The molecule has 0 spiro atoms. The van der Waals surface area contributed by atoms with Gasteiger partial charge in [-0.1, -0.05) is 18.2 Å². The van der Waals surface area contributed by atoms with E-state index in [1.807, 2.05) is 31.3 Å². The Labute approximate surface area is 172 Å². The summed E-state index contributed by atoms with van der Waals surface area (Å²) in [5, 5.41) is 2.82. The van der Waals surface area contributed by atoms with Crippen molar-refractivity contribution in [3.8, 4) is 5.75 Å². The molecule has 3 rings (SSSR count). The van der Waals surface area contributed by atoms with E-state index in [1.165, 1.54) is 4.31 Å². The van der Waals surface area contributed by atoms with Crippen LogP contribution in [-0.4, -0.2) is 63.9 Å². The summed E-state index contributed by atoms with van der Waals surface area (Å²) in [6, 6.07) is 14.0. The number of nitrogens with zero attached hydrogens (tertiary/aromatic N) is 2. The molecular formula is C21H27N3O4S. The number of amides is 1. The van der Waals surface area contributed by atoms with Gasteiger partial charge in [0.2, 0.25) is 15.9 Å². The van der Waals surface area contributed by atoms with E-state index in [9.17, 15) is 13.2 Å². The van der Waals surface area contributed by atoms with Crippen LogP contribution >= 0.6 is 0 Å². The van der Waals surface area contributed by atoms with Crippen LogP contribution in [-0.2, 0) is 21.2 Å². The first-order valence-corrected chi connectivity index (χ1v) is 11.0. The van der Waals surface area contributed by atoms with Crippen molar-refractivity contribution in [3.63, 3.8) is 0 Å². The van der Waals surface area contributed by atoms with Gasteiger partial charge in [0.25, 0.3) is 0 Å². The number of sulfonamides is 1. The molecule has 1 heterocycles. The fraction of sp³-hybridized carbons (Fsp3) is 0.381. The molecule has 8 heteroatoms. The number of methoxy groups -OCH3 is 1. The van der Waals surface area contributed by atoms with E-state index in [1.54, 1.807) is 31.4 Å². The third-order valence-electron chi connectivity index (χ3n) is 5.05. The van der Waals surface area contributed by atoms with E-state index in [0.29, 0.717) is 31.6 Å². The quantitative estimate of drug-likeness (QED) is 0.747. The number of carbonyl (C=O) groups excluding carboxylic acids is 1. The number of anilines is 1. The van der Waals surface area contributed by atoms with E-state index in [2.05, 4.69) is 10.2 Å². The molecule has 2 aromatic carbocycles. The van der Waals surface area contributed by atoms with Crippen LogP contribution in [0.2, 0.25) is 0 Å². The maximum atomic E-state index is 12.8. The number of carbonyl (C=O) groups is 1. The van der Waals surface area contributed by atoms with Crippen molar-refractivity contribution >= 4 is 21.6 Å². The molecule has 1 N–H and O–H groups in total. The summed E-state index contributed by atoms with van der Waals surface area (Å²) in [6.07, 6.45) is 0.868. The number of piperazine rings is 1. The summed E-state index contributed by atoms with van der Waals surface area (Å²) in [6.45, 7) is 2.42. The highest BCUT2D eigenvalue weighted by molar-refractivity contribution is 7.89. The Hall–Kier alpha value is -2.42. The largest absolute Gasteiger partial charge is 0.496 e. The molecule has 0 atom stereocenters. The van der Waals surface area contributed by atoms with Gasteiger partial charge in [0.15, 0.2) is 0 Å². The van der Waals surface area contributed by atoms with E-state index in [4.69, 9.17) is 4.74 Å². The number of hydrogen-bond donors (Lipinski definition) is 1. The summed E-state index contributed by atoms with van der Waals surface area (Å²) >= 11 is 0. The van der Waals surface area contributed by atoms with Crippen LogP contribution in [0.3, 0.4) is 0 Å². The molecule has 1 saturated heterocycles. The predicted octanol–water partition coefficient (Wildman–Crippen LogP) is 2.20. The minimum absolute atomic E-state index is 0.134. The van der Waals surface area contributed by atoms with Crippen LogP contribution in [0.15, 0.2) is 53.4 Å². The second-order valence-corrected chi connectivity index (χ2v) is 9.03. The molecule has 1 fully saturated rings. The molecule has 0 aliphatic carbocycles. The first-order valence-electron chi connectivity index (χ1n) is 9.60. The average molecular weight is 418 g/mol. The van der Waals surface area contributed by atoms with E-state index >= 15 is 0 Å². The SMILES string of the molecule is COc1ccccc1CCC(=O)Nc1ccc(S(=O)(=O)N2CCN(C)CC2)cc1. The Kier molecular flexibility index (Phi) is 6.89.